The maximum Gasteiger partial charge on any atom is 0.460 e. The molecule has 1 heterocycles. The van der Waals surface area contributed by atoms with Gasteiger partial charge in [0.25, 0.3) is 0 Å². The van der Waals surface area contributed by atoms with Crippen molar-refractivity contribution in [3.63, 3.8) is 0 Å². The zero-order valence-corrected chi connectivity index (χ0v) is 16.6. The quantitative estimate of drug-likeness (QED) is 0.179. The number of halogens is 23. The third-order valence-corrected chi connectivity index (χ3v) is 4.93. The van der Waals surface area contributed by atoms with Crippen LogP contribution in [0, 0.1) is 0 Å². The molecule has 1 nitrogen and oxygen atoms in total. The van der Waals surface area contributed by atoms with E-state index >= 15 is 0 Å². The molecule has 24 heteroatoms. The van der Waals surface area contributed by atoms with Crippen molar-refractivity contribution < 1.29 is 106 Å². The van der Waals surface area contributed by atoms with E-state index in [2.05, 4.69) is 4.74 Å². The van der Waals surface area contributed by atoms with Gasteiger partial charge in [0.05, 0.1) is 12.7 Å². The Kier molecular flexibility index (Phi) is 7.62. The normalized spacial score (nSPS) is 21.4. The van der Waals surface area contributed by atoms with Crippen molar-refractivity contribution in [2.75, 3.05) is 6.61 Å². The predicted octanol–water partition coefficient (Wildman–Crippen LogP) is 7.69. The minimum atomic E-state index is -9.49. The second-order valence-corrected chi connectivity index (χ2v) is 7.54. The highest BCUT2D eigenvalue weighted by molar-refractivity contribution is 5.23. The van der Waals surface area contributed by atoms with Crippen molar-refractivity contribution in [1.82, 2.24) is 0 Å². The topological polar surface area (TPSA) is 12.5 Å². The van der Waals surface area contributed by atoms with Crippen LogP contribution in [0.3, 0.4) is 0 Å². The van der Waals surface area contributed by atoms with E-state index in [0.29, 0.717) is 0 Å². The highest BCUT2D eigenvalue weighted by Crippen LogP contribution is 2.68. The zero-order valence-electron chi connectivity index (χ0n) is 16.6. The molecule has 0 aromatic carbocycles. The molecule has 1 saturated heterocycles. The van der Waals surface area contributed by atoms with Crippen LogP contribution < -0.4 is 0 Å². The van der Waals surface area contributed by atoms with E-state index in [4.69, 9.17) is 0 Å². The Morgan fingerprint density at radius 3 is 0.947 bits per heavy atom. The van der Waals surface area contributed by atoms with Crippen LogP contribution in [0.1, 0.15) is 6.42 Å². The fraction of sp³-hybridized carbons (Fsp3) is 1.00. The molecule has 0 aromatic heterocycles. The Morgan fingerprint density at radius 1 is 0.395 bits per heavy atom. The van der Waals surface area contributed by atoms with Gasteiger partial charge in [-0.05, 0) is 0 Å². The van der Waals surface area contributed by atoms with Gasteiger partial charge in [-0.25, -0.2) is 4.39 Å². The Hall–Kier alpha value is -1.65. The van der Waals surface area contributed by atoms with Crippen molar-refractivity contribution in [2.45, 2.75) is 77.9 Å². The minimum absolute atomic E-state index is 1.09. The number of alkyl halides is 23. The van der Waals surface area contributed by atoms with E-state index in [1.807, 2.05) is 0 Å². The van der Waals surface area contributed by atoms with Gasteiger partial charge in [-0.1, -0.05) is 0 Å². The molecule has 1 fully saturated rings. The van der Waals surface area contributed by atoms with E-state index in [-0.39, 0.29) is 0 Å². The Balaban J connectivity index is 3.95. The maximum absolute atomic E-state index is 14.2. The highest BCUT2D eigenvalue weighted by atomic mass is 19.4. The first-order valence-corrected chi connectivity index (χ1v) is 8.54. The van der Waals surface area contributed by atoms with Gasteiger partial charge in [0.1, 0.15) is 0 Å². The van der Waals surface area contributed by atoms with Crippen molar-refractivity contribution in [3.8, 4) is 0 Å². The number of hydrogen-bond acceptors (Lipinski definition) is 1. The van der Waals surface area contributed by atoms with Gasteiger partial charge < -0.3 is 4.74 Å². The summed E-state index contributed by atoms with van der Waals surface area (Å²) in [5, 5.41) is 0. The average molecular weight is 626 g/mol. The summed E-state index contributed by atoms with van der Waals surface area (Å²) in [7, 11) is 0. The molecule has 1 rings (SSSR count). The number of hydrogen-bond donors (Lipinski definition) is 0. The van der Waals surface area contributed by atoms with Crippen molar-refractivity contribution in [1.29, 1.82) is 0 Å². The molecule has 0 N–H and O–H groups in total. The SMILES string of the molecule is FC(F)(F)C(F)(F)C(F)(F)C(F)(F)C(F)(F)C(F)(F)C(F)(F)C(F)(C(F)(F)F)C(F)(F)C(F)(F)CC1CO1. The fourth-order valence-electron chi connectivity index (χ4n) is 2.59. The monoisotopic (exact) mass is 626 g/mol. The van der Waals surface area contributed by atoms with Gasteiger partial charge in [0.2, 0.25) is 0 Å². The van der Waals surface area contributed by atoms with Crippen LogP contribution >= 0.6 is 0 Å². The van der Waals surface area contributed by atoms with Gasteiger partial charge in [-0.3, -0.25) is 0 Å². The molecule has 2 atom stereocenters. The Labute approximate surface area is 191 Å². The third kappa shape index (κ3) is 4.12. The number of ether oxygens (including phenoxy) is 1. The van der Waals surface area contributed by atoms with Crippen LogP contribution in [0.5, 0.6) is 0 Å². The first-order chi connectivity index (χ1) is 16.1. The summed E-state index contributed by atoms with van der Waals surface area (Å²) in [6.45, 7) is -1.09. The predicted molar refractivity (Wildman–Crippen MR) is 69.9 cm³/mol. The molecular weight excluding hydrogens is 621 g/mol. The number of rotatable bonds is 10. The number of epoxide rings is 1. The van der Waals surface area contributed by atoms with Gasteiger partial charge in [-0.15, -0.1) is 0 Å². The van der Waals surface area contributed by atoms with Gasteiger partial charge in [0, 0.05) is 6.42 Å². The van der Waals surface area contributed by atoms with E-state index in [1.54, 1.807) is 0 Å². The summed E-state index contributed by atoms with van der Waals surface area (Å²) >= 11 is 0. The second kappa shape index (κ2) is 8.43. The largest absolute Gasteiger partial charge is 0.460 e. The van der Waals surface area contributed by atoms with E-state index in [9.17, 15) is 101 Å². The van der Waals surface area contributed by atoms with Gasteiger partial charge in [0.15, 0.2) is 0 Å². The summed E-state index contributed by atoms with van der Waals surface area (Å²) in [4.78, 5) is 0. The lowest BCUT2D eigenvalue weighted by Gasteiger charge is -2.47. The van der Waals surface area contributed by atoms with E-state index in [1.165, 1.54) is 0 Å². The molecule has 0 aromatic rings. The molecule has 0 amide bonds. The lowest BCUT2D eigenvalue weighted by atomic mass is 9.78. The lowest BCUT2D eigenvalue weighted by Crippen LogP contribution is -2.80. The molecule has 0 bridgehead atoms. The second-order valence-electron chi connectivity index (χ2n) is 7.54. The average Bonchev–Trinajstić information content (AvgIpc) is 3.47. The van der Waals surface area contributed by atoms with Crippen LogP contribution in [-0.2, 0) is 4.74 Å². The summed E-state index contributed by atoms with van der Waals surface area (Å²) in [6, 6.07) is 0. The van der Waals surface area contributed by atoms with Crippen LogP contribution in [0.25, 0.3) is 0 Å². The molecule has 228 valence electrons. The molecule has 0 saturated carbocycles. The van der Waals surface area contributed by atoms with Crippen LogP contribution in [-0.4, -0.2) is 78.1 Å². The highest BCUT2D eigenvalue weighted by Gasteiger charge is 3.00. The zero-order chi connectivity index (χ0) is 31.2. The molecule has 0 spiro atoms. The Bertz CT molecular complexity index is 876. The van der Waals surface area contributed by atoms with Crippen molar-refractivity contribution >= 4 is 0 Å². The lowest BCUT2D eigenvalue weighted by molar-refractivity contribution is -0.481. The van der Waals surface area contributed by atoms with Crippen LogP contribution in [0.2, 0.25) is 0 Å². The molecule has 38 heavy (non-hydrogen) atoms. The molecule has 2 unspecified atom stereocenters. The molecule has 1 aliphatic heterocycles. The molecule has 1 aliphatic rings. The summed E-state index contributed by atoms with van der Waals surface area (Å²) in [5.74, 6) is -70.6. The maximum atomic E-state index is 14.2. The summed E-state index contributed by atoms with van der Waals surface area (Å²) in [5.41, 5.74) is -9.11. The van der Waals surface area contributed by atoms with Crippen LogP contribution in [0.4, 0.5) is 101 Å². The molecule has 0 radical (unpaired) electrons. The standard InChI is InChI=1S/C14H5F23O/c15-4(16,1-3-2-38-3)6(18,19)5(17,13(32,33)34)7(20,21)8(22,23)9(24,25)10(26,27)11(28,29)12(30,31)14(35,36)37/h3H,1-2H2. The summed E-state index contributed by atoms with van der Waals surface area (Å²) < 4.78 is 308. The molecular formula is C14H5F23O. The van der Waals surface area contributed by atoms with Crippen LogP contribution in [0.15, 0.2) is 0 Å². The Morgan fingerprint density at radius 2 is 0.684 bits per heavy atom. The van der Waals surface area contributed by atoms with E-state index in [0.717, 1.165) is 0 Å². The van der Waals surface area contributed by atoms with Crippen molar-refractivity contribution in [2.24, 2.45) is 0 Å². The van der Waals surface area contributed by atoms with Gasteiger partial charge in [-0.2, -0.15) is 96.6 Å². The first kappa shape index (κ1) is 34.4. The minimum Gasteiger partial charge on any atom is -0.373 e. The van der Waals surface area contributed by atoms with E-state index < -0.39 is 84.5 Å². The molecule has 0 aliphatic carbocycles. The first-order valence-electron chi connectivity index (χ1n) is 8.54. The smallest absolute Gasteiger partial charge is 0.373 e. The fourth-order valence-corrected chi connectivity index (χ4v) is 2.59. The third-order valence-electron chi connectivity index (χ3n) is 4.93. The van der Waals surface area contributed by atoms with Gasteiger partial charge >= 0.3 is 65.4 Å². The van der Waals surface area contributed by atoms with Crippen molar-refractivity contribution in [3.05, 3.63) is 0 Å². The summed E-state index contributed by atoms with van der Waals surface area (Å²) in [6.07, 6.45) is -22.0.